The molecule has 0 saturated carbocycles. The highest BCUT2D eigenvalue weighted by molar-refractivity contribution is 5.69. The molecule has 3 aromatic rings. The van der Waals surface area contributed by atoms with E-state index in [1.807, 2.05) is 12.1 Å². The van der Waals surface area contributed by atoms with Gasteiger partial charge in [-0.3, -0.25) is 4.90 Å². The maximum atomic E-state index is 5.47. The second-order valence-corrected chi connectivity index (χ2v) is 8.32. The Kier molecular flexibility index (Phi) is 5.02. The number of aromatic nitrogens is 1. The van der Waals surface area contributed by atoms with Gasteiger partial charge in [-0.15, -0.1) is 0 Å². The van der Waals surface area contributed by atoms with Gasteiger partial charge in [0, 0.05) is 37.6 Å². The van der Waals surface area contributed by atoms with Crippen molar-refractivity contribution >= 4 is 5.69 Å². The summed E-state index contributed by atoms with van der Waals surface area (Å²) < 4.78 is 18.6. The molecule has 1 saturated heterocycles. The molecule has 1 spiro atoms. The van der Waals surface area contributed by atoms with E-state index in [1.54, 1.807) is 21.3 Å². The van der Waals surface area contributed by atoms with E-state index in [9.17, 15) is 0 Å². The third kappa shape index (κ3) is 3.41. The lowest BCUT2D eigenvalue weighted by molar-refractivity contribution is 0.162. The topological polar surface area (TPSA) is 47.9 Å². The summed E-state index contributed by atoms with van der Waals surface area (Å²) in [7, 11) is 5.07. The van der Waals surface area contributed by atoms with Crippen molar-refractivity contribution in [1.29, 1.82) is 0 Å². The summed E-state index contributed by atoms with van der Waals surface area (Å²) in [5.41, 5.74) is 4.84. The Morgan fingerprint density at radius 2 is 1.71 bits per heavy atom. The molecule has 5 rings (SSSR count). The summed E-state index contributed by atoms with van der Waals surface area (Å²) in [6.07, 6.45) is 4.25. The van der Waals surface area contributed by atoms with Crippen LogP contribution in [-0.4, -0.2) is 43.9 Å². The number of likely N-dealkylation sites (tertiary alicyclic amines) is 1. The van der Waals surface area contributed by atoms with Crippen LogP contribution in [0.4, 0.5) is 5.69 Å². The molecule has 2 aliphatic heterocycles. The van der Waals surface area contributed by atoms with Crippen molar-refractivity contribution < 1.29 is 14.2 Å². The van der Waals surface area contributed by atoms with Gasteiger partial charge in [-0.25, -0.2) is 0 Å². The maximum Gasteiger partial charge on any atom is 0.161 e. The van der Waals surface area contributed by atoms with Gasteiger partial charge >= 0.3 is 0 Å². The minimum Gasteiger partial charge on any atom is -0.497 e. The number of piperidine rings is 1. The summed E-state index contributed by atoms with van der Waals surface area (Å²) >= 11 is 0. The number of benzene rings is 2. The summed E-state index contributed by atoms with van der Waals surface area (Å²) in [5, 5.41) is 3.88. The van der Waals surface area contributed by atoms with Crippen LogP contribution in [0.25, 0.3) is 5.69 Å². The van der Waals surface area contributed by atoms with Gasteiger partial charge in [-0.2, -0.15) is 0 Å². The number of fused-ring (bicyclic) bond motifs is 4. The fourth-order valence-electron chi connectivity index (χ4n) is 4.97. The molecule has 162 valence electrons. The number of rotatable bonds is 5. The van der Waals surface area contributed by atoms with Crippen molar-refractivity contribution in [3.8, 4) is 22.9 Å². The van der Waals surface area contributed by atoms with Gasteiger partial charge in [0.15, 0.2) is 11.5 Å². The Hall–Kier alpha value is -3.12. The first-order chi connectivity index (χ1) is 15.2. The van der Waals surface area contributed by atoms with Crippen molar-refractivity contribution in [2.45, 2.75) is 24.9 Å². The van der Waals surface area contributed by atoms with E-state index in [-0.39, 0.29) is 5.54 Å². The van der Waals surface area contributed by atoms with Gasteiger partial charge in [0.25, 0.3) is 0 Å². The molecular formula is C25H29N3O3. The molecule has 0 aliphatic carbocycles. The molecule has 3 heterocycles. The highest BCUT2D eigenvalue weighted by atomic mass is 16.5. The molecular weight excluding hydrogens is 390 g/mol. The minimum absolute atomic E-state index is 0.0586. The van der Waals surface area contributed by atoms with E-state index in [0.29, 0.717) is 0 Å². The smallest absolute Gasteiger partial charge is 0.161 e. The number of anilines is 1. The molecule has 6 heteroatoms. The summed E-state index contributed by atoms with van der Waals surface area (Å²) in [5.74, 6) is 2.43. The maximum absolute atomic E-state index is 5.47. The van der Waals surface area contributed by atoms with Crippen LogP contribution < -0.4 is 19.5 Å². The highest BCUT2D eigenvalue weighted by Gasteiger charge is 2.41. The van der Waals surface area contributed by atoms with Crippen molar-refractivity contribution in [2.75, 3.05) is 39.7 Å². The molecule has 1 N–H and O–H groups in total. The van der Waals surface area contributed by atoms with Crippen LogP contribution in [0.1, 0.15) is 24.1 Å². The van der Waals surface area contributed by atoms with E-state index in [2.05, 4.69) is 57.4 Å². The number of ether oxygens (including phenoxy) is 3. The van der Waals surface area contributed by atoms with Crippen LogP contribution in [0.2, 0.25) is 0 Å². The summed E-state index contributed by atoms with van der Waals surface area (Å²) in [6.45, 7) is 2.94. The Balaban J connectivity index is 1.35. The molecule has 0 bridgehead atoms. The van der Waals surface area contributed by atoms with Crippen molar-refractivity contribution in [1.82, 2.24) is 9.47 Å². The molecule has 1 fully saturated rings. The van der Waals surface area contributed by atoms with Crippen molar-refractivity contribution in [3.05, 3.63) is 66.0 Å². The summed E-state index contributed by atoms with van der Waals surface area (Å²) in [6, 6.07) is 16.8. The van der Waals surface area contributed by atoms with Crippen LogP contribution in [0.3, 0.4) is 0 Å². The zero-order valence-corrected chi connectivity index (χ0v) is 18.4. The lowest BCUT2D eigenvalue weighted by Crippen LogP contribution is -2.49. The second kappa shape index (κ2) is 7.85. The monoisotopic (exact) mass is 419 g/mol. The van der Waals surface area contributed by atoms with E-state index in [1.165, 1.54) is 16.9 Å². The van der Waals surface area contributed by atoms with E-state index in [0.717, 1.165) is 55.4 Å². The van der Waals surface area contributed by atoms with Gasteiger partial charge in [0.05, 0.1) is 38.2 Å². The van der Waals surface area contributed by atoms with E-state index < -0.39 is 0 Å². The van der Waals surface area contributed by atoms with Crippen molar-refractivity contribution in [3.63, 3.8) is 0 Å². The van der Waals surface area contributed by atoms with Crippen LogP contribution >= 0.6 is 0 Å². The number of methoxy groups -OCH3 is 3. The van der Waals surface area contributed by atoms with Gasteiger partial charge in [0.2, 0.25) is 0 Å². The van der Waals surface area contributed by atoms with Crippen LogP contribution in [0.5, 0.6) is 17.2 Å². The highest BCUT2D eigenvalue weighted by Crippen LogP contribution is 2.44. The number of hydrogen-bond donors (Lipinski definition) is 1. The zero-order chi connectivity index (χ0) is 21.4. The van der Waals surface area contributed by atoms with E-state index in [4.69, 9.17) is 14.2 Å². The molecule has 1 aromatic heterocycles. The molecule has 0 atom stereocenters. The van der Waals surface area contributed by atoms with Gasteiger partial charge in [0.1, 0.15) is 5.75 Å². The van der Waals surface area contributed by atoms with Crippen molar-refractivity contribution in [2.24, 2.45) is 0 Å². The van der Waals surface area contributed by atoms with Gasteiger partial charge < -0.3 is 24.1 Å². The standard InChI is InChI=1S/C25H29N3O3/c1-29-19-7-8-21-20(16-19)26-25(24-5-4-12-28(21)24)10-13-27(14-11-25)17-18-6-9-22(30-2)23(15-18)31-3/h4-9,12,15-16,26H,10-11,13-14,17H2,1-3H3. The average Bonchev–Trinajstić information content (AvgIpc) is 3.31. The third-order valence-electron chi connectivity index (χ3n) is 6.64. The molecule has 31 heavy (non-hydrogen) atoms. The summed E-state index contributed by atoms with van der Waals surface area (Å²) in [4.78, 5) is 2.52. The Morgan fingerprint density at radius 1 is 0.903 bits per heavy atom. The largest absolute Gasteiger partial charge is 0.497 e. The predicted molar refractivity (Wildman–Crippen MR) is 122 cm³/mol. The van der Waals surface area contributed by atoms with Gasteiger partial charge in [-0.05, 0) is 54.8 Å². The molecule has 2 aromatic carbocycles. The fourth-order valence-corrected chi connectivity index (χ4v) is 4.97. The minimum atomic E-state index is -0.0586. The Labute approximate surface area is 183 Å². The zero-order valence-electron chi connectivity index (χ0n) is 18.4. The van der Waals surface area contributed by atoms with Crippen LogP contribution in [0.15, 0.2) is 54.7 Å². The molecule has 6 nitrogen and oxygen atoms in total. The SMILES string of the molecule is COc1ccc2c(c1)NC1(CCN(Cc3ccc(OC)c(OC)c3)CC1)c1cccn1-2. The first kappa shape index (κ1) is 19.8. The first-order valence-corrected chi connectivity index (χ1v) is 10.7. The molecule has 2 aliphatic rings. The van der Waals surface area contributed by atoms with Crippen LogP contribution in [0, 0.1) is 0 Å². The number of hydrogen-bond acceptors (Lipinski definition) is 5. The number of nitrogens with one attached hydrogen (secondary N) is 1. The lowest BCUT2D eigenvalue weighted by Gasteiger charge is -2.46. The third-order valence-corrected chi connectivity index (χ3v) is 6.64. The Bertz CT molecular complexity index is 1080. The van der Waals surface area contributed by atoms with E-state index >= 15 is 0 Å². The molecule has 0 unspecified atom stereocenters. The van der Waals surface area contributed by atoms with Crippen LogP contribution in [-0.2, 0) is 12.1 Å². The van der Waals surface area contributed by atoms with Gasteiger partial charge in [-0.1, -0.05) is 6.07 Å². The number of nitrogens with zero attached hydrogens (tertiary/aromatic N) is 2. The average molecular weight is 420 g/mol. The normalized spacial score (nSPS) is 16.9. The fraction of sp³-hybridized carbons (Fsp3) is 0.360. The first-order valence-electron chi connectivity index (χ1n) is 10.7. The Morgan fingerprint density at radius 3 is 2.45 bits per heavy atom. The molecule has 0 amide bonds. The second-order valence-electron chi connectivity index (χ2n) is 8.32. The lowest BCUT2D eigenvalue weighted by atomic mass is 9.82. The predicted octanol–water partition coefficient (Wildman–Crippen LogP) is 4.42. The molecule has 0 radical (unpaired) electrons. The quantitative estimate of drug-likeness (QED) is 0.663.